The van der Waals surface area contributed by atoms with Crippen molar-refractivity contribution in [2.24, 2.45) is 11.8 Å². The van der Waals surface area contributed by atoms with E-state index in [-0.39, 0.29) is 24.4 Å². The minimum atomic E-state index is 0.157. The number of rotatable bonds is 25. The number of piperazine rings is 1. The molecule has 34 heteroatoms. The number of benzene rings is 4. The van der Waals surface area contributed by atoms with Crippen molar-refractivity contribution in [2.45, 2.75) is 179 Å². The van der Waals surface area contributed by atoms with E-state index in [0.29, 0.717) is 29.9 Å². The summed E-state index contributed by atoms with van der Waals surface area (Å²) in [6, 6.07) is 23.6. The Hall–Kier alpha value is -11.9. The molecule has 0 atom stereocenters. The maximum atomic E-state index is 6.59. The van der Waals surface area contributed by atoms with E-state index in [2.05, 4.69) is 177 Å². The summed E-state index contributed by atoms with van der Waals surface area (Å²) >= 11 is 0. The Bertz CT molecular complexity index is 5870. The van der Waals surface area contributed by atoms with Gasteiger partial charge in [0.2, 0.25) is 5.95 Å². The molecule has 0 radical (unpaired) electrons. The standard InChI is InChI=1S/C28H38N8O2.C25H33N7O2.C25H32N6O2.C25H31N5O2/c1-34-10-12-35(13-11-34)20-27-30-7-6-26(33-27)32-21-2-4-23(5-3-21)38-25-19-22(36-14-16-37-17-15-36)18-24-28(25)31-9-8-29-24;1-31(2)17-19-7-8-28-25(30-19)29-18-3-5-21(6-4-18)34-23-16-20(32-11-13-33-14-12-32)15-22-24(23)27-10-9-26-22;1-30(2)24-7-8-27-23(29-24)15-18-3-5-20(6-4-18)33-22-17-19(31-11-13-32-14-12-31)16-21-25(22)28-10-9-26-21;1-17-16-28-18(2)29-22(17)13-19-3-5-21(6-4-19)32-24-15-20(30-9-11-31-12-10-30)14-23-25(24)27-8-7-26-23/h6-9,18-19,21,23H,2-5,10-17,20H2,1H3,(H,30,32,33);7-10,15-16,18,21H,3-6,11-14,17H2,1-2H3,(H,28,29,30);7-10,16-18,20H,3-6,11-15H2,1-2H3;7-8,14-16,19,21H,3-6,9-13H2,1-2H3. The third-order valence-electron chi connectivity index (χ3n) is 27.6. The summed E-state index contributed by atoms with van der Waals surface area (Å²) in [6.45, 7) is 23.0. The largest absolute Gasteiger partial charge is 0.488 e. The predicted molar refractivity (Wildman–Crippen MR) is 533 cm³/mol. The van der Waals surface area contributed by atoms with Crippen molar-refractivity contribution >= 4 is 84.5 Å². The van der Waals surface area contributed by atoms with Crippen molar-refractivity contribution in [1.29, 1.82) is 0 Å². The summed E-state index contributed by atoms with van der Waals surface area (Å²) in [7, 11) is 10.3. The molecule has 0 spiro atoms. The first-order valence-corrected chi connectivity index (χ1v) is 49.6. The molecule has 9 fully saturated rings. The zero-order valence-electron chi connectivity index (χ0n) is 80.7. The van der Waals surface area contributed by atoms with Crippen LogP contribution in [-0.2, 0) is 44.9 Å². The van der Waals surface area contributed by atoms with Crippen LogP contribution in [-0.4, -0.2) is 298 Å². The topological polar surface area (TPSA) is 330 Å². The molecular weight excluding hydrogens is 1730 g/mol. The fourth-order valence-corrected chi connectivity index (χ4v) is 19.8. The summed E-state index contributed by atoms with van der Waals surface area (Å²) in [5, 5.41) is 7.18. The summed E-state index contributed by atoms with van der Waals surface area (Å²) < 4.78 is 48.3. The molecule has 34 nitrogen and oxygen atoms in total. The average molecular weight is 1860 g/mol. The number of fused-ring (bicyclic) bond motifs is 4. The Balaban J connectivity index is 0.000000122. The Morgan fingerprint density at radius 2 is 0.752 bits per heavy atom. The van der Waals surface area contributed by atoms with Crippen LogP contribution in [0.5, 0.6) is 23.0 Å². The Morgan fingerprint density at radius 3 is 1.18 bits per heavy atom. The highest BCUT2D eigenvalue weighted by atomic mass is 16.5. The molecule has 5 saturated heterocycles. The van der Waals surface area contributed by atoms with Crippen LogP contribution >= 0.6 is 0 Å². The number of morpholine rings is 4. The molecule has 4 aromatic carbocycles. The Kier molecular flexibility index (Phi) is 32.7. The van der Waals surface area contributed by atoms with E-state index in [1.807, 2.05) is 83.0 Å². The van der Waals surface area contributed by atoms with Gasteiger partial charge >= 0.3 is 0 Å². The van der Waals surface area contributed by atoms with Gasteiger partial charge in [0, 0.05) is 245 Å². The normalized spacial score (nSPS) is 21.9. The lowest BCUT2D eigenvalue weighted by Gasteiger charge is -2.32. The van der Waals surface area contributed by atoms with Gasteiger partial charge in [-0.2, -0.15) is 0 Å². The van der Waals surface area contributed by atoms with Crippen LogP contribution in [0.3, 0.4) is 0 Å². The molecule has 8 aromatic heterocycles. The SMILES string of the molecule is CN(C)Cc1ccnc(NC2CCC(Oc3cc(N4CCOCC4)cc4nccnc34)CC2)n1.CN(C)c1ccnc(CC2CCC(Oc3cc(N4CCOCC4)cc4nccnc34)CC2)n1.CN1CCN(Cc2nccc(NC3CCC(Oc4cc(N5CCOCC5)cc5nccnc45)CC3)n2)CC1.Cc1ncc(C)c(CC2CCC(Oc3cc(N4CCOCC4)cc4nccnc34)CC2)n1. The molecule has 12 aromatic rings. The van der Waals surface area contributed by atoms with Gasteiger partial charge in [-0.1, -0.05) is 0 Å². The van der Waals surface area contributed by atoms with Crippen molar-refractivity contribution in [2.75, 3.05) is 202 Å². The lowest BCUT2D eigenvalue weighted by molar-refractivity contribution is 0.122. The Labute approximate surface area is 803 Å². The number of anilines is 7. The highest BCUT2D eigenvalue weighted by Gasteiger charge is 2.32. The molecule has 2 N–H and O–H groups in total. The van der Waals surface area contributed by atoms with Crippen molar-refractivity contribution in [3.63, 3.8) is 0 Å². The van der Waals surface area contributed by atoms with Crippen molar-refractivity contribution in [3.8, 4) is 23.0 Å². The molecular formula is C103H134N26O8. The van der Waals surface area contributed by atoms with E-state index in [9.17, 15) is 0 Å². The number of nitrogens with one attached hydrogen (secondary N) is 2. The summed E-state index contributed by atoms with van der Waals surface area (Å²) in [6.07, 6.45) is 40.8. The van der Waals surface area contributed by atoms with Crippen LogP contribution < -0.4 is 54.1 Å². The van der Waals surface area contributed by atoms with Gasteiger partial charge in [0.1, 0.15) is 74.2 Å². The van der Waals surface area contributed by atoms with Crippen LogP contribution in [0.4, 0.5) is 40.3 Å². The predicted octanol–water partition coefficient (Wildman–Crippen LogP) is 13.5. The molecule has 13 heterocycles. The monoisotopic (exact) mass is 1860 g/mol. The van der Waals surface area contributed by atoms with E-state index in [1.165, 1.54) is 11.3 Å². The first-order valence-electron chi connectivity index (χ1n) is 49.6. The molecule has 5 aliphatic heterocycles. The number of likely N-dealkylation sites (N-methyl/N-ethyl adjacent to an activating group) is 1. The zero-order chi connectivity index (χ0) is 93.6. The second-order valence-corrected chi connectivity index (χ2v) is 38.1. The van der Waals surface area contributed by atoms with Crippen LogP contribution in [0.2, 0.25) is 0 Å². The van der Waals surface area contributed by atoms with Crippen molar-refractivity contribution in [1.82, 2.24) is 94.4 Å². The van der Waals surface area contributed by atoms with Gasteiger partial charge in [-0.25, -0.2) is 59.8 Å². The number of nitrogens with zero attached hydrogens (tertiary/aromatic N) is 24. The van der Waals surface area contributed by atoms with E-state index in [4.69, 9.17) is 47.9 Å². The lowest BCUT2D eigenvalue weighted by atomic mass is 9.84. The fourth-order valence-electron chi connectivity index (χ4n) is 19.8. The average Bonchev–Trinajstić information content (AvgIpc) is 0.802. The number of ether oxygens (including phenoxy) is 8. The smallest absolute Gasteiger partial charge is 0.223 e. The van der Waals surface area contributed by atoms with Gasteiger partial charge in [-0.15, -0.1) is 0 Å². The van der Waals surface area contributed by atoms with Gasteiger partial charge in [0.05, 0.1) is 112 Å². The maximum Gasteiger partial charge on any atom is 0.223 e. The molecule has 0 unspecified atom stereocenters. The number of hydrogen-bond donors (Lipinski definition) is 2. The fraction of sp³-hybridized carbons (Fsp3) is 0.534. The third kappa shape index (κ3) is 26.3. The maximum absolute atomic E-state index is 6.59. The van der Waals surface area contributed by atoms with Crippen LogP contribution in [0, 0.1) is 25.7 Å². The van der Waals surface area contributed by atoms with E-state index in [0.717, 1.165) is 385 Å². The highest BCUT2D eigenvalue weighted by molar-refractivity contribution is 5.88. The van der Waals surface area contributed by atoms with Crippen molar-refractivity contribution < 1.29 is 37.9 Å². The molecule has 9 aliphatic rings. The summed E-state index contributed by atoms with van der Waals surface area (Å²) in [5.41, 5.74) is 14.8. The van der Waals surface area contributed by atoms with E-state index in [1.54, 1.807) is 49.6 Å². The number of hydrogen-bond acceptors (Lipinski definition) is 34. The summed E-state index contributed by atoms with van der Waals surface area (Å²) in [5.74, 6) is 9.88. The number of aryl methyl sites for hydroxylation is 2. The zero-order valence-corrected chi connectivity index (χ0v) is 80.7. The third-order valence-corrected chi connectivity index (χ3v) is 27.6. The minimum absolute atomic E-state index is 0.157. The lowest BCUT2D eigenvalue weighted by Crippen LogP contribution is -2.44. The quantitative estimate of drug-likeness (QED) is 0.0537. The van der Waals surface area contributed by atoms with Gasteiger partial charge < -0.3 is 82.8 Å². The van der Waals surface area contributed by atoms with Gasteiger partial charge in [0.25, 0.3) is 0 Å². The highest BCUT2D eigenvalue weighted by Crippen LogP contribution is 2.41. The van der Waals surface area contributed by atoms with Crippen LogP contribution in [0.25, 0.3) is 44.1 Å². The van der Waals surface area contributed by atoms with Crippen LogP contribution in [0.1, 0.15) is 137 Å². The molecule has 0 bridgehead atoms. The molecule has 724 valence electrons. The minimum Gasteiger partial charge on any atom is -0.488 e. The van der Waals surface area contributed by atoms with E-state index >= 15 is 0 Å². The van der Waals surface area contributed by atoms with Gasteiger partial charge in [-0.3, -0.25) is 24.8 Å². The van der Waals surface area contributed by atoms with Crippen LogP contribution in [0.15, 0.2) is 141 Å². The Morgan fingerprint density at radius 1 is 0.365 bits per heavy atom. The molecule has 4 aliphatic carbocycles. The molecule has 4 saturated carbocycles. The molecule has 0 amide bonds. The molecule has 21 rings (SSSR count). The first kappa shape index (κ1) is 95.4. The second kappa shape index (κ2) is 47.0. The van der Waals surface area contributed by atoms with Crippen molar-refractivity contribution in [3.05, 3.63) is 176 Å². The first-order chi connectivity index (χ1) is 67.1. The second-order valence-electron chi connectivity index (χ2n) is 38.1. The van der Waals surface area contributed by atoms with Gasteiger partial charge in [-0.05, 0) is 204 Å². The van der Waals surface area contributed by atoms with E-state index < -0.39 is 0 Å². The number of aromatic nitrogens is 16. The molecule has 137 heavy (non-hydrogen) atoms. The van der Waals surface area contributed by atoms with Gasteiger partial charge in [0.15, 0.2) is 0 Å². The summed E-state index contributed by atoms with van der Waals surface area (Å²) in [4.78, 5) is 91.4.